The molecule has 0 unspecified atom stereocenters. The summed E-state index contributed by atoms with van der Waals surface area (Å²) < 4.78 is 1.85. The summed E-state index contributed by atoms with van der Waals surface area (Å²) in [5, 5.41) is 9.83. The third-order valence-corrected chi connectivity index (χ3v) is 4.03. The van der Waals surface area contributed by atoms with Crippen LogP contribution in [-0.4, -0.2) is 14.5 Å². The lowest BCUT2D eigenvalue weighted by atomic mass is 10.0. The summed E-state index contributed by atoms with van der Waals surface area (Å²) in [6.07, 6.45) is 10.2. The van der Waals surface area contributed by atoms with Crippen LogP contribution in [0.25, 0.3) is 16.9 Å². The van der Waals surface area contributed by atoms with Gasteiger partial charge in [-0.2, -0.15) is 0 Å². The Labute approximate surface area is 131 Å². The second kappa shape index (κ2) is 6.65. The molecule has 0 aliphatic rings. The van der Waals surface area contributed by atoms with Crippen LogP contribution in [0.15, 0.2) is 48.8 Å². The smallest absolute Gasteiger partial charge is 0.180 e. The Balaban J connectivity index is 1.75. The molecule has 114 valence electrons. The predicted molar refractivity (Wildman–Crippen MR) is 90.1 cm³/mol. The number of aromatic hydroxyl groups is 1. The van der Waals surface area contributed by atoms with Crippen LogP contribution in [0.2, 0.25) is 0 Å². The van der Waals surface area contributed by atoms with E-state index in [1.165, 1.54) is 31.2 Å². The molecule has 2 heterocycles. The van der Waals surface area contributed by atoms with E-state index >= 15 is 0 Å². The molecule has 0 aliphatic heterocycles. The Bertz CT molecular complexity index is 744. The van der Waals surface area contributed by atoms with Crippen LogP contribution in [0.3, 0.4) is 0 Å². The molecule has 3 heteroatoms. The zero-order valence-electron chi connectivity index (χ0n) is 13.0. The molecule has 22 heavy (non-hydrogen) atoms. The summed E-state index contributed by atoms with van der Waals surface area (Å²) in [4.78, 5) is 4.51. The highest BCUT2D eigenvalue weighted by Crippen LogP contribution is 2.24. The molecule has 3 rings (SSSR count). The lowest BCUT2D eigenvalue weighted by molar-refractivity contribution is 0.477. The molecule has 1 N–H and O–H groups in total. The maximum Gasteiger partial charge on any atom is 0.180 e. The monoisotopic (exact) mass is 294 g/mol. The molecule has 2 aromatic heterocycles. The van der Waals surface area contributed by atoms with Crippen molar-refractivity contribution in [2.75, 3.05) is 0 Å². The van der Waals surface area contributed by atoms with E-state index in [1.807, 2.05) is 22.9 Å². The number of pyridine rings is 1. The lowest BCUT2D eigenvalue weighted by Gasteiger charge is -2.02. The van der Waals surface area contributed by atoms with E-state index in [-0.39, 0.29) is 5.75 Å². The number of hydrogen-bond donors (Lipinski definition) is 1. The van der Waals surface area contributed by atoms with Crippen LogP contribution in [0, 0.1) is 0 Å². The normalized spacial score (nSPS) is 11.1. The van der Waals surface area contributed by atoms with E-state index in [1.54, 1.807) is 6.07 Å². The van der Waals surface area contributed by atoms with Gasteiger partial charge in [0.25, 0.3) is 0 Å². The van der Waals surface area contributed by atoms with Crippen LogP contribution in [0.5, 0.6) is 5.75 Å². The molecular weight excluding hydrogens is 272 g/mol. The van der Waals surface area contributed by atoms with Crippen molar-refractivity contribution in [3.63, 3.8) is 0 Å². The molecule has 0 bridgehead atoms. The number of aryl methyl sites for hydroxylation is 1. The highest BCUT2D eigenvalue weighted by Gasteiger charge is 2.07. The summed E-state index contributed by atoms with van der Waals surface area (Å²) >= 11 is 0. The predicted octanol–water partition coefficient (Wildman–Crippen LogP) is 4.83. The molecule has 3 nitrogen and oxygen atoms in total. The van der Waals surface area contributed by atoms with Crippen LogP contribution in [0.4, 0.5) is 0 Å². The number of benzene rings is 1. The molecule has 1 aromatic carbocycles. The largest absolute Gasteiger partial charge is 0.504 e. The van der Waals surface area contributed by atoms with Crippen molar-refractivity contribution in [1.82, 2.24) is 9.38 Å². The lowest BCUT2D eigenvalue weighted by Crippen LogP contribution is -1.86. The molecule has 0 saturated carbocycles. The number of rotatable bonds is 6. The standard InChI is InChI=1S/C19H22N2O/c1-2-3-4-5-7-15-9-11-16(12-10-15)17-14-21-13-6-8-18(22)19(21)20-17/h6,8-14,22H,2-5,7H2,1H3. The second-order valence-electron chi connectivity index (χ2n) is 5.76. The maximum atomic E-state index is 9.83. The van der Waals surface area contributed by atoms with Gasteiger partial charge in [0.2, 0.25) is 0 Å². The fourth-order valence-electron chi connectivity index (χ4n) is 2.74. The minimum Gasteiger partial charge on any atom is -0.504 e. The second-order valence-corrected chi connectivity index (χ2v) is 5.76. The van der Waals surface area contributed by atoms with Gasteiger partial charge in [-0.1, -0.05) is 50.5 Å². The van der Waals surface area contributed by atoms with Crippen LogP contribution in [-0.2, 0) is 6.42 Å². The van der Waals surface area contributed by atoms with Gasteiger partial charge in [0, 0.05) is 18.0 Å². The minimum atomic E-state index is 0.210. The first kappa shape index (κ1) is 14.6. The average Bonchev–Trinajstić information content (AvgIpc) is 2.98. The van der Waals surface area contributed by atoms with E-state index in [9.17, 15) is 5.11 Å². The Morgan fingerprint density at radius 3 is 2.59 bits per heavy atom. The van der Waals surface area contributed by atoms with Gasteiger partial charge < -0.3 is 9.51 Å². The fraction of sp³-hybridized carbons (Fsp3) is 0.316. The van der Waals surface area contributed by atoms with Gasteiger partial charge in [0.05, 0.1) is 5.69 Å². The molecule has 0 aliphatic carbocycles. The van der Waals surface area contributed by atoms with Gasteiger partial charge in [-0.25, -0.2) is 4.98 Å². The van der Waals surface area contributed by atoms with E-state index < -0.39 is 0 Å². The summed E-state index contributed by atoms with van der Waals surface area (Å²) in [6.45, 7) is 2.24. The molecule has 0 spiro atoms. The topological polar surface area (TPSA) is 37.5 Å². The average molecular weight is 294 g/mol. The Morgan fingerprint density at radius 2 is 1.86 bits per heavy atom. The van der Waals surface area contributed by atoms with Gasteiger partial charge in [0.1, 0.15) is 0 Å². The summed E-state index contributed by atoms with van der Waals surface area (Å²) in [6, 6.07) is 12.1. The van der Waals surface area contributed by atoms with E-state index in [0.717, 1.165) is 17.7 Å². The summed E-state index contributed by atoms with van der Waals surface area (Å²) in [5.41, 5.74) is 3.95. The van der Waals surface area contributed by atoms with E-state index in [4.69, 9.17) is 0 Å². The number of unbranched alkanes of at least 4 members (excludes halogenated alkanes) is 3. The van der Waals surface area contributed by atoms with Crippen LogP contribution >= 0.6 is 0 Å². The molecule has 0 radical (unpaired) electrons. The number of fused-ring (bicyclic) bond motifs is 1. The van der Waals surface area contributed by atoms with Crippen molar-refractivity contribution in [2.24, 2.45) is 0 Å². The SMILES string of the molecule is CCCCCCc1ccc(-c2cn3cccc(O)c3n2)cc1. The Hall–Kier alpha value is -2.29. The highest BCUT2D eigenvalue weighted by molar-refractivity contribution is 5.65. The maximum absolute atomic E-state index is 9.83. The number of imidazole rings is 1. The quantitative estimate of drug-likeness (QED) is 0.661. The molecule has 0 saturated heterocycles. The third-order valence-electron chi connectivity index (χ3n) is 4.03. The third kappa shape index (κ3) is 3.14. The summed E-state index contributed by atoms with van der Waals surface area (Å²) in [5.74, 6) is 0.210. The number of nitrogens with zero attached hydrogens (tertiary/aromatic N) is 2. The highest BCUT2D eigenvalue weighted by atomic mass is 16.3. The first-order valence-electron chi connectivity index (χ1n) is 8.04. The van der Waals surface area contributed by atoms with Gasteiger partial charge in [-0.05, 0) is 30.5 Å². The van der Waals surface area contributed by atoms with Crippen molar-refractivity contribution in [2.45, 2.75) is 39.0 Å². The zero-order valence-corrected chi connectivity index (χ0v) is 13.0. The first-order valence-corrected chi connectivity index (χ1v) is 8.04. The van der Waals surface area contributed by atoms with Gasteiger partial charge in [-0.15, -0.1) is 0 Å². The van der Waals surface area contributed by atoms with Crippen molar-refractivity contribution in [1.29, 1.82) is 0 Å². The molecule has 0 amide bonds. The zero-order chi connectivity index (χ0) is 15.4. The van der Waals surface area contributed by atoms with Gasteiger partial charge in [-0.3, -0.25) is 0 Å². The molecular formula is C19H22N2O. The van der Waals surface area contributed by atoms with Crippen molar-refractivity contribution < 1.29 is 5.11 Å². The fourth-order valence-corrected chi connectivity index (χ4v) is 2.74. The Morgan fingerprint density at radius 1 is 1.05 bits per heavy atom. The minimum absolute atomic E-state index is 0.210. The Kier molecular flexibility index (Phi) is 4.42. The first-order chi connectivity index (χ1) is 10.8. The van der Waals surface area contributed by atoms with Crippen LogP contribution in [0.1, 0.15) is 38.2 Å². The summed E-state index contributed by atoms with van der Waals surface area (Å²) in [7, 11) is 0. The van der Waals surface area contributed by atoms with Gasteiger partial charge >= 0.3 is 0 Å². The van der Waals surface area contributed by atoms with Gasteiger partial charge in [0.15, 0.2) is 11.4 Å². The van der Waals surface area contributed by atoms with Crippen molar-refractivity contribution >= 4 is 5.65 Å². The van der Waals surface area contributed by atoms with E-state index in [2.05, 4.69) is 36.2 Å². The molecule has 0 atom stereocenters. The molecule has 3 aromatic rings. The number of aromatic nitrogens is 2. The van der Waals surface area contributed by atoms with Crippen molar-refractivity contribution in [3.8, 4) is 17.0 Å². The molecule has 0 fully saturated rings. The van der Waals surface area contributed by atoms with Crippen LogP contribution < -0.4 is 0 Å². The number of hydrogen-bond acceptors (Lipinski definition) is 2. The van der Waals surface area contributed by atoms with E-state index in [0.29, 0.717) is 5.65 Å². The van der Waals surface area contributed by atoms with Crippen molar-refractivity contribution in [3.05, 3.63) is 54.4 Å².